The Morgan fingerprint density at radius 3 is 2.75 bits per heavy atom. The van der Waals surface area contributed by atoms with Crippen molar-refractivity contribution in [1.29, 1.82) is 0 Å². The van der Waals surface area contributed by atoms with E-state index in [2.05, 4.69) is 25.4 Å². The molecule has 4 heterocycles. The summed E-state index contributed by atoms with van der Waals surface area (Å²) in [5.41, 5.74) is 1.93. The summed E-state index contributed by atoms with van der Waals surface area (Å²) in [6.07, 6.45) is 5.61. The van der Waals surface area contributed by atoms with E-state index in [1.165, 1.54) is 0 Å². The van der Waals surface area contributed by atoms with E-state index in [1.807, 2.05) is 35.6 Å². The lowest BCUT2D eigenvalue weighted by molar-refractivity contribution is 0.200. The zero-order valence-corrected chi connectivity index (χ0v) is 14.0. The minimum atomic E-state index is 0.392. The number of nitrogens with zero attached hydrogens (tertiary/aromatic N) is 7. The fourth-order valence-electron chi connectivity index (χ4n) is 3.20. The van der Waals surface area contributed by atoms with Crippen LogP contribution < -0.4 is 4.90 Å². The van der Waals surface area contributed by atoms with Gasteiger partial charge in [0.25, 0.3) is 0 Å². The normalized spacial score (nSPS) is 16.8. The lowest BCUT2D eigenvalue weighted by atomic mass is 9.96. The molecule has 126 valence electrons. The van der Waals surface area contributed by atoms with Crippen molar-refractivity contribution >= 4 is 11.5 Å². The van der Waals surface area contributed by atoms with Gasteiger partial charge in [-0.2, -0.15) is 4.52 Å². The van der Waals surface area contributed by atoms with Crippen molar-refractivity contribution < 1.29 is 4.52 Å². The average molecular weight is 327 g/mol. The number of anilines is 1. The lowest BCUT2D eigenvalue weighted by Gasteiger charge is -2.30. The van der Waals surface area contributed by atoms with Gasteiger partial charge >= 0.3 is 0 Å². The van der Waals surface area contributed by atoms with E-state index in [0.29, 0.717) is 5.92 Å². The van der Waals surface area contributed by atoms with Crippen LogP contribution in [0.25, 0.3) is 5.65 Å². The SMILES string of the molecule is CN(C)c1ccc2nnc(C3CCN(Cc4cnoc4)CC3)n2n1. The predicted molar refractivity (Wildman–Crippen MR) is 88.9 cm³/mol. The molecular formula is C16H21N7O. The highest BCUT2D eigenvalue weighted by atomic mass is 16.5. The molecule has 3 aromatic heterocycles. The van der Waals surface area contributed by atoms with Gasteiger partial charge in [0.1, 0.15) is 12.1 Å². The maximum atomic E-state index is 4.90. The van der Waals surface area contributed by atoms with Crippen LogP contribution >= 0.6 is 0 Å². The molecule has 1 saturated heterocycles. The highest BCUT2D eigenvalue weighted by Gasteiger charge is 2.25. The summed E-state index contributed by atoms with van der Waals surface area (Å²) < 4.78 is 6.80. The second-order valence-electron chi connectivity index (χ2n) is 6.50. The fourth-order valence-corrected chi connectivity index (χ4v) is 3.20. The molecule has 3 aromatic rings. The molecule has 0 bridgehead atoms. The molecule has 1 aliphatic heterocycles. The van der Waals surface area contributed by atoms with Crippen molar-refractivity contribution in [2.24, 2.45) is 0 Å². The lowest BCUT2D eigenvalue weighted by Crippen LogP contribution is -2.33. The van der Waals surface area contributed by atoms with Crippen molar-refractivity contribution in [2.45, 2.75) is 25.3 Å². The molecular weight excluding hydrogens is 306 g/mol. The molecule has 4 rings (SSSR count). The third kappa shape index (κ3) is 2.84. The Bertz CT molecular complexity index is 803. The van der Waals surface area contributed by atoms with Crippen LogP contribution in [-0.4, -0.2) is 57.1 Å². The first-order valence-corrected chi connectivity index (χ1v) is 8.21. The van der Waals surface area contributed by atoms with Crippen LogP contribution in [0.2, 0.25) is 0 Å². The smallest absolute Gasteiger partial charge is 0.178 e. The van der Waals surface area contributed by atoms with Crippen LogP contribution in [0, 0.1) is 0 Å². The first-order chi connectivity index (χ1) is 11.7. The standard InChI is InChI=1S/C16H21N7O/c1-21(2)15-4-3-14-18-19-16(23(14)20-15)13-5-7-22(8-6-13)10-12-9-17-24-11-12/h3-4,9,11,13H,5-8,10H2,1-2H3. The van der Waals surface area contributed by atoms with Crippen LogP contribution in [-0.2, 0) is 6.54 Å². The Labute approximate surface area is 140 Å². The van der Waals surface area contributed by atoms with E-state index in [1.54, 1.807) is 12.5 Å². The highest BCUT2D eigenvalue weighted by molar-refractivity contribution is 5.45. The summed E-state index contributed by atoms with van der Waals surface area (Å²) in [6, 6.07) is 3.94. The Morgan fingerprint density at radius 1 is 1.21 bits per heavy atom. The number of rotatable bonds is 4. The third-order valence-corrected chi connectivity index (χ3v) is 4.57. The second kappa shape index (κ2) is 6.20. The Kier molecular flexibility index (Phi) is 3.89. The van der Waals surface area contributed by atoms with Crippen molar-refractivity contribution in [3.05, 3.63) is 36.0 Å². The highest BCUT2D eigenvalue weighted by Crippen LogP contribution is 2.27. The van der Waals surface area contributed by atoms with E-state index in [-0.39, 0.29) is 0 Å². The molecule has 24 heavy (non-hydrogen) atoms. The van der Waals surface area contributed by atoms with Crippen molar-refractivity contribution in [3.63, 3.8) is 0 Å². The minimum Gasteiger partial charge on any atom is -0.364 e. The number of piperidine rings is 1. The van der Waals surface area contributed by atoms with E-state index in [9.17, 15) is 0 Å². The van der Waals surface area contributed by atoms with Crippen molar-refractivity contribution in [1.82, 2.24) is 29.9 Å². The van der Waals surface area contributed by atoms with Crippen LogP contribution in [0.15, 0.2) is 29.1 Å². The maximum Gasteiger partial charge on any atom is 0.178 e. The van der Waals surface area contributed by atoms with Gasteiger partial charge in [0.2, 0.25) is 0 Å². The van der Waals surface area contributed by atoms with Crippen LogP contribution in [0.1, 0.15) is 30.1 Å². The van der Waals surface area contributed by atoms with E-state index in [4.69, 9.17) is 4.52 Å². The summed E-state index contributed by atoms with van der Waals surface area (Å²) in [5, 5.41) is 17.1. The first kappa shape index (κ1) is 15.1. The van der Waals surface area contributed by atoms with Crippen LogP contribution in [0.5, 0.6) is 0 Å². The fraction of sp³-hybridized carbons (Fsp3) is 0.500. The molecule has 0 radical (unpaired) electrons. The molecule has 0 unspecified atom stereocenters. The topological polar surface area (TPSA) is 75.6 Å². The van der Waals surface area contributed by atoms with E-state index >= 15 is 0 Å². The maximum absolute atomic E-state index is 4.90. The van der Waals surface area contributed by atoms with Gasteiger partial charge in [-0.25, -0.2) is 0 Å². The van der Waals surface area contributed by atoms with Crippen molar-refractivity contribution in [3.8, 4) is 0 Å². The molecule has 0 aliphatic carbocycles. The molecule has 0 N–H and O–H groups in total. The Morgan fingerprint density at radius 2 is 2.04 bits per heavy atom. The molecule has 0 aromatic carbocycles. The minimum absolute atomic E-state index is 0.392. The number of likely N-dealkylation sites (tertiary alicyclic amines) is 1. The quantitative estimate of drug-likeness (QED) is 0.719. The number of hydrogen-bond donors (Lipinski definition) is 0. The van der Waals surface area contributed by atoms with Gasteiger partial charge in [-0.15, -0.1) is 15.3 Å². The van der Waals surface area contributed by atoms with Crippen LogP contribution in [0.4, 0.5) is 5.82 Å². The molecule has 0 amide bonds. The third-order valence-electron chi connectivity index (χ3n) is 4.57. The summed E-state index contributed by atoms with van der Waals surface area (Å²) in [4.78, 5) is 4.41. The molecule has 0 saturated carbocycles. The Balaban J connectivity index is 1.49. The summed E-state index contributed by atoms with van der Waals surface area (Å²) >= 11 is 0. The van der Waals surface area contributed by atoms with Gasteiger partial charge < -0.3 is 9.42 Å². The Hall–Kier alpha value is -2.48. The largest absolute Gasteiger partial charge is 0.364 e. The van der Waals surface area contributed by atoms with Gasteiger partial charge in [0, 0.05) is 32.1 Å². The van der Waals surface area contributed by atoms with Crippen LogP contribution in [0.3, 0.4) is 0 Å². The predicted octanol–water partition coefficient (Wildman–Crippen LogP) is 1.56. The zero-order valence-electron chi connectivity index (χ0n) is 14.0. The number of hydrogen-bond acceptors (Lipinski definition) is 7. The average Bonchev–Trinajstić information content (AvgIpc) is 3.24. The van der Waals surface area contributed by atoms with E-state index in [0.717, 1.165) is 55.3 Å². The molecule has 8 nitrogen and oxygen atoms in total. The summed E-state index contributed by atoms with van der Waals surface area (Å²) in [5.74, 6) is 2.27. The van der Waals surface area contributed by atoms with Gasteiger partial charge in [-0.1, -0.05) is 5.16 Å². The summed E-state index contributed by atoms with van der Waals surface area (Å²) in [7, 11) is 3.98. The molecule has 8 heteroatoms. The van der Waals surface area contributed by atoms with Gasteiger partial charge in [-0.05, 0) is 38.1 Å². The number of aromatic nitrogens is 5. The van der Waals surface area contributed by atoms with Gasteiger partial charge in [0.15, 0.2) is 11.5 Å². The molecule has 0 atom stereocenters. The molecule has 1 fully saturated rings. The molecule has 0 spiro atoms. The van der Waals surface area contributed by atoms with Crippen molar-refractivity contribution in [2.75, 3.05) is 32.1 Å². The second-order valence-corrected chi connectivity index (χ2v) is 6.50. The monoisotopic (exact) mass is 327 g/mol. The van der Waals surface area contributed by atoms with Gasteiger partial charge in [-0.3, -0.25) is 4.90 Å². The first-order valence-electron chi connectivity index (χ1n) is 8.21. The number of fused-ring (bicyclic) bond motifs is 1. The molecule has 1 aliphatic rings. The van der Waals surface area contributed by atoms with Gasteiger partial charge in [0.05, 0.1) is 6.20 Å². The zero-order chi connectivity index (χ0) is 16.5. The van der Waals surface area contributed by atoms with E-state index < -0.39 is 0 Å². The summed E-state index contributed by atoms with van der Waals surface area (Å²) in [6.45, 7) is 2.94.